The summed E-state index contributed by atoms with van der Waals surface area (Å²) in [5.41, 5.74) is 1.88. The fourth-order valence-electron chi connectivity index (χ4n) is 2.45. The fraction of sp³-hybridized carbons (Fsp3) is 0.267. The molecule has 114 valence electrons. The summed E-state index contributed by atoms with van der Waals surface area (Å²) < 4.78 is 1.50. The Morgan fingerprint density at radius 3 is 2.82 bits per heavy atom. The number of hydrogen-bond acceptors (Lipinski definition) is 4. The summed E-state index contributed by atoms with van der Waals surface area (Å²) in [5.74, 6) is 0. The van der Waals surface area contributed by atoms with Crippen molar-refractivity contribution >= 4 is 51.6 Å². The largest absolute Gasteiger partial charge is 0.281 e. The van der Waals surface area contributed by atoms with Crippen molar-refractivity contribution in [3.63, 3.8) is 0 Å². The minimum atomic E-state index is -0.213. The lowest BCUT2D eigenvalue weighted by molar-refractivity contribution is 0.940. The van der Waals surface area contributed by atoms with Gasteiger partial charge in [0.1, 0.15) is 0 Å². The SMILES string of the molecule is CSc1ncc2c(=O)n(C3=C(Cl)CCC=C3Cl)cc(C)c2n1. The number of pyridine rings is 1. The van der Waals surface area contributed by atoms with E-state index in [0.29, 0.717) is 38.2 Å². The van der Waals surface area contributed by atoms with E-state index in [1.807, 2.05) is 19.3 Å². The van der Waals surface area contributed by atoms with E-state index in [2.05, 4.69) is 9.97 Å². The van der Waals surface area contributed by atoms with Gasteiger partial charge in [-0.05, 0) is 31.6 Å². The second-order valence-electron chi connectivity index (χ2n) is 4.95. The van der Waals surface area contributed by atoms with Gasteiger partial charge in [0.05, 0.1) is 21.6 Å². The molecule has 4 nitrogen and oxygen atoms in total. The molecule has 0 atom stereocenters. The normalized spacial score (nSPS) is 15.4. The van der Waals surface area contributed by atoms with Crippen LogP contribution in [0.5, 0.6) is 0 Å². The number of fused-ring (bicyclic) bond motifs is 1. The van der Waals surface area contributed by atoms with Crippen LogP contribution in [0.4, 0.5) is 0 Å². The maximum atomic E-state index is 12.8. The van der Waals surface area contributed by atoms with Crippen LogP contribution >= 0.6 is 35.0 Å². The van der Waals surface area contributed by atoms with E-state index in [-0.39, 0.29) is 5.56 Å². The van der Waals surface area contributed by atoms with E-state index in [0.717, 1.165) is 12.0 Å². The van der Waals surface area contributed by atoms with Crippen molar-refractivity contribution in [1.82, 2.24) is 14.5 Å². The summed E-state index contributed by atoms with van der Waals surface area (Å²) in [6, 6.07) is 0. The number of rotatable bonds is 2. The van der Waals surface area contributed by atoms with Crippen LogP contribution in [0, 0.1) is 6.92 Å². The molecular formula is C15H13Cl2N3OS. The first-order valence-electron chi connectivity index (χ1n) is 6.71. The first kappa shape index (κ1) is 15.6. The second kappa shape index (κ2) is 6.07. The van der Waals surface area contributed by atoms with Gasteiger partial charge in [-0.2, -0.15) is 0 Å². The highest BCUT2D eigenvalue weighted by Crippen LogP contribution is 2.33. The molecule has 2 heterocycles. The van der Waals surface area contributed by atoms with Crippen LogP contribution < -0.4 is 5.56 Å². The van der Waals surface area contributed by atoms with E-state index in [1.165, 1.54) is 16.3 Å². The fourth-order valence-corrected chi connectivity index (χ4v) is 3.45. The third-order valence-corrected chi connectivity index (χ3v) is 4.77. The minimum Gasteiger partial charge on any atom is -0.281 e. The van der Waals surface area contributed by atoms with Crippen molar-refractivity contribution in [2.45, 2.75) is 24.9 Å². The maximum absolute atomic E-state index is 12.8. The Kier molecular flexibility index (Phi) is 4.30. The standard InChI is InChI=1S/C15H13Cl2N3OS/c1-8-7-20(13-10(16)4-3-5-11(13)17)14(21)9-6-18-15(22-2)19-12(8)9/h4,6-7H,3,5H2,1-2H3. The lowest BCUT2D eigenvalue weighted by Crippen LogP contribution is -2.22. The van der Waals surface area contributed by atoms with Gasteiger partial charge in [0.25, 0.3) is 5.56 Å². The average Bonchev–Trinajstić information content (AvgIpc) is 2.51. The molecule has 0 fully saturated rings. The molecule has 0 aromatic carbocycles. The van der Waals surface area contributed by atoms with Gasteiger partial charge in [-0.1, -0.05) is 41.0 Å². The monoisotopic (exact) mass is 353 g/mol. The van der Waals surface area contributed by atoms with E-state index in [1.54, 1.807) is 12.4 Å². The third-order valence-electron chi connectivity index (χ3n) is 3.51. The van der Waals surface area contributed by atoms with Crippen LogP contribution in [-0.2, 0) is 0 Å². The summed E-state index contributed by atoms with van der Waals surface area (Å²) in [4.78, 5) is 21.4. The zero-order valence-corrected chi connectivity index (χ0v) is 14.4. The molecule has 0 saturated heterocycles. The quantitative estimate of drug-likeness (QED) is 0.601. The zero-order chi connectivity index (χ0) is 15.9. The highest BCUT2D eigenvalue weighted by molar-refractivity contribution is 7.98. The van der Waals surface area contributed by atoms with Crippen LogP contribution in [0.2, 0.25) is 0 Å². The van der Waals surface area contributed by atoms with E-state index >= 15 is 0 Å². The van der Waals surface area contributed by atoms with Crippen molar-refractivity contribution in [3.8, 4) is 0 Å². The molecule has 7 heteroatoms. The lowest BCUT2D eigenvalue weighted by atomic mass is 10.1. The summed E-state index contributed by atoms with van der Waals surface area (Å²) in [6.45, 7) is 1.91. The summed E-state index contributed by atoms with van der Waals surface area (Å²) in [5, 5.41) is 2.19. The Balaban J connectivity index is 2.32. The molecule has 0 radical (unpaired) electrons. The van der Waals surface area contributed by atoms with E-state index in [4.69, 9.17) is 23.2 Å². The van der Waals surface area contributed by atoms with Gasteiger partial charge in [0.2, 0.25) is 0 Å². The Morgan fingerprint density at radius 2 is 2.14 bits per heavy atom. The highest BCUT2D eigenvalue weighted by Gasteiger charge is 2.19. The molecule has 2 aromatic heterocycles. The molecule has 1 aliphatic carbocycles. The topological polar surface area (TPSA) is 47.8 Å². The number of aromatic nitrogens is 3. The Morgan fingerprint density at radius 1 is 1.36 bits per heavy atom. The Labute approximate surface area is 141 Å². The number of hydrogen-bond donors (Lipinski definition) is 0. The van der Waals surface area contributed by atoms with Gasteiger partial charge < -0.3 is 0 Å². The predicted octanol–water partition coefficient (Wildman–Crippen LogP) is 4.15. The number of halogens is 2. The number of thioether (sulfide) groups is 1. The van der Waals surface area contributed by atoms with Crippen molar-refractivity contribution in [1.29, 1.82) is 0 Å². The van der Waals surface area contributed by atoms with Crippen LogP contribution in [0.25, 0.3) is 16.6 Å². The first-order valence-corrected chi connectivity index (χ1v) is 8.69. The molecule has 1 aliphatic rings. The van der Waals surface area contributed by atoms with Crippen LogP contribution in [0.3, 0.4) is 0 Å². The molecule has 0 bridgehead atoms. The third kappa shape index (κ3) is 2.57. The molecule has 22 heavy (non-hydrogen) atoms. The van der Waals surface area contributed by atoms with Gasteiger partial charge in [-0.15, -0.1) is 0 Å². The van der Waals surface area contributed by atoms with Gasteiger partial charge in [0, 0.05) is 17.4 Å². The maximum Gasteiger partial charge on any atom is 0.266 e. The van der Waals surface area contributed by atoms with E-state index in [9.17, 15) is 4.79 Å². The molecule has 0 amide bonds. The van der Waals surface area contributed by atoms with Crippen molar-refractivity contribution < 1.29 is 0 Å². The van der Waals surface area contributed by atoms with Crippen LogP contribution in [-0.4, -0.2) is 20.8 Å². The molecule has 2 aromatic rings. The molecule has 0 aliphatic heterocycles. The zero-order valence-electron chi connectivity index (χ0n) is 12.1. The number of nitrogens with zero attached hydrogens (tertiary/aromatic N) is 3. The predicted molar refractivity (Wildman–Crippen MR) is 92.6 cm³/mol. The Bertz CT molecular complexity index is 886. The van der Waals surface area contributed by atoms with Gasteiger partial charge in [-0.25, -0.2) is 9.97 Å². The summed E-state index contributed by atoms with van der Waals surface area (Å²) >= 11 is 14.0. The Hall–Kier alpha value is -1.30. The summed E-state index contributed by atoms with van der Waals surface area (Å²) in [6.07, 6.45) is 8.54. The lowest BCUT2D eigenvalue weighted by Gasteiger charge is -2.18. The molecule has 0 N–H and O–H groups in total. The number of allylic oxidation sites excluding steroid dienone is 4. The van der Waals surface area contributed by atoms with Crippen molar-refractivity contribution in [2.75, 3.05) is 6.26 Å². The minimum absolute atomic E-state index is 0.213. The molecule has 0 spiro atoms. The van der Waals surface area contributed by atoms with E-state index < -0.39 is 0 Å². The highest BCUT2D eigenvalue weighted by atomic mass is 35.5. The number of aryl methyl sites for hydroxylation is 1. The summed E-state index contributed by atoms with van der Waals surface area (Å²) in [7, 11) is 0. The van der Waals surface area contributed by atoms with Crippen LogP contribution in [0.15, 0.2) is 38.5 Å². The van der Waals surface area contributed by atoms with Crippen LogP contribution in [0.1, 0.15) is 18.4 Å². The van der Waals surface area contributed by atoms with Gasteiger partial charge >= 0.3 is 0 Å². The molecule has 0 unspecified atom stereocenters. The first-order chi connectivity index (χ1) is 10.5. The van der Waals surface area contributed by atoms with Crippen molar-refractivity contribution in [2.24, 2.45) is 0 Å². The van der Waals surface area contributed by atoms with Crippen molar-refractivity contribution in [3.05, 3.63) is 44.5 Å². The average molecular weight is 354 g/mol. The molecule has 0 saturated carbocycles. The second-order valence-corrected chi connectivity index (χ2v) is 6.59. The van der Waals surface area contributed by atoms with Gasteiger partial charge in [0.15, 0.2) is 5.16 Å². The molecular weight excluding hydrogens is 341 g/mol. The smallest absolute Gasteiger partial charge is 0.266 e. The molecule has 3 rings (SSSR count). The van der Waals surface area contributed by atoms with Gasteiger partial charge in [-0.3, -0.25) is 9.36 Å².